The third kappa shape index (κ3) is 74.3. The SMILES string of the molecule is CC/C=C\C/C=C\C/C=C\C/C=C\C/C=C\CCCCCCCCCCCCCCCCCCCC(=O)OC(COC(=O)CCCCCCCCCCCCCCCCCCCCCCCCCCCCCCCCCCC)COC(OCC[N+](C)(C)C)C(=O)[O-]. The Hall–Kier alpha value is -3.01. The second kappa shape index (κ2) is 72.8. The number of hydrogen-bond acceptors (Lipinski definition) is 8. The molecule has 91 heavy (non-hydrogen) atoms. The van der Waals surface area contributed by atoms with Crippen LogP contribution in [0.3, 0.4) is 0 Å². The summed E-state index contributed by atoms with van der Waals surface area (Å²) < 4.78 is 22.9. The Morgan fingerprint density at radius 1 is 0.341 bits per heavy atom. The van der Waals surface area contributed by atoms with Crippen LogP contribution in [0.5, 0.6) is 0 Å². The number of carboxylic acid groups (broad SMARTS) is 1. The van der Waals surface area contributed by atoms with Crippen LogP contribution < -0.4 is 5.11 Å². The Bertz CT molecular complexity index is 1680. The number of hydrogen-bond donors (Lipinski definition) is 0. The number of likely N-dealkylation sites (N-methyl/N-ethyl adjacent to an activating group) is 1. The van der Waals surface area contributed by atoms with Gasteiger partial charge in [0.25, 0.3) is 0 Å². The van der Waals surface area contributed by atoms with E-state index >= 15 is 0 Å². The number of allylic oxidation sites excluding steroid dienone is 10. The van der Waals surface area contributed by atoms with Gasteiger partial charge in [-0.3, -0.25) is 9.59 Å². The van der Waals surface area contributed by atoms with Gasteiger partial charge in [-0.05, 0) is 57.8 Å². The van der Waals surface area contributed by atoms with E-state index in [1.807, 2.05) is 21.1 Å². The highest BCUT2D eigenvalue weighted by atomic mass is 16.7. The highest BCUT2D eigenvalue weighted by Crippen LogP contribution is 2.20. The summed E-state index contributed by atoms with van der Waals surface area (Å²) in [7, 11) is 5.95. The number of quaternary nitrogens is 1. The molecule has 532 valence electrons. The lowest BCUT2D eigenvalue weighted by Gasteiger charge is -2.26. The standard InChI is InChI=1S/C82H151NO8/c1-6-8-10-12-14-16-18-20-22-24-26-28-30-32-34-36-38-40-42-44-46-48-50-52-54-56-58-60-62-64-66-68-70-72-79(84)89-76-78(77-90-82(81(86)87)88-75-74-83(3,4)5)91-80(85)73-71-69-67-65-63-61-59-57-55-53-51-49-47-45-43-41-39-37-35-33-31-29-27-25-23-21-19-17-15-13-11-9-7-2/h9,11,15,17,21,23,27,29,33,35,78,82H,6-8,10,12-14,16,18-20,22,24-26,28,30-32,34,36-77H2,1-5H3/b11-9-,17-15-,23-21-,29-27-,35-33-. The minimum Gasteiger partial charge on any atom is -0.545 e. The monoisotopic (exact) mass is 1280 g/mol. The molecule has 0 saturated carbocycles. The number of ether oxygens (including phenoxy) is 4. The van der Waals surface area contributed by atoms with E-state index < -0.39 is 24.3 Å². The van der Waals surface area contributed by atoms with Crippen molar-refractivity contribution in [1.29, 1.82) is 0 Å². The van der Waals surface area contributed by atoms with Gasteiger partial charge in [0, 0.05) is 12.8 Å². The maximum absolute atomic E-state index is 13.0. The molecule has 0 amide bonds. The second-order valence-corrected chi connectivity index (χ2v) is 28.0. The van der Waals surface area contributed by atoms with Crippen LogP contribution >= 0.6 is 0 Å². The van der Waals surface area contributed by atoms with Crippen molar-refractivity contribution >= 4 is 17.9 Å². The average molecular weight is 1280 g/mol. The van der Waals surface area contributed by atoms with Crippen LogP contribution in [-0.4, -0.2) is 82.3 Å². The predicted molar refractivity (Wildman–Crippen MR) is 389 cm³/mol. The van der Waals surface area contributed by atoms with Crippen molar-refractivity contribution in [2.75, 3.05) is 47.5 Å². The van der Waals surface area contributed by atoms with Crippen LogP contribution in [0.15, 0.2) is 60.8 Å². The zero-order valence-corrected chi connectivity index (χ0v) is 61.0. The van der Waals surface area contributed by atoms with Crippen LogP contribution in [0, 0.1) is 0 Å². The van der Waals surface area contributed by atoms with Crippen LogP contribution in [0.2, 0.25) is 0 Å². The highest BCUT2D eigenvalue weighted by Gasteiger charge is 2.22. The lowest BCUT2D eigenvalue weighted by Crippen LogP contribution is -2.44. The zero-order chi connectivity index (χ0) is 66.1. The van der Waals surface area contributed by atoms with Gasteiger partial charge in [0.05, 0.1) is 40.3 Å². The fourth-order valence-corrected chi connectivity index (χ4v) is 11.8. The Kier molecular flexibility index (Phi) is 70.4. The van der Waals surface area contributed by atoms with E-state index in [2.05, 4.69) is 74.6 Å². The van der Waals surface area contributed by atoms with Crippen molar-refractivity contribution in [2.24, 2.45) is 0 Å². The molecule has 0 aromatic rings. The zero-order valence-electron chi connectivity index (χ0n) is 61.0. The lowest BCUT2D eigenvalue weighted by molar-refractivity contribution is -0.870. The molecular formula is C82H151NO8. The summed E-state index contributed by atoms with van der Waals surface area (Å²) in [6, 6.07) is 0. The van der Waals surface area contributed by atoms with Crippen LogP contribution in [-0.2, 0) is 33.3 Å². The molecule has 0 heterocycles. The third-order valence-corrected chi connectivity index (χ3v) is 17.8. The first-order valence-electron chi connectivity index (χ1n) is 39.4. The Morgan fingerprint density at radius 3 is 0.934 bits per heavy atom. The molecule has 0 fully saturated rings. The molecule has 0 aliphatic heterocycles. The molecule has 0 spiro atoms. The number of esters is 2. The number of nitrogens with zero attached hydrogens (tertiary/aromatic N) is 1. The Labute approximate surface area is 565 Å². The topological polar surface area (TPSA) is 111 Å². The smallest absolute Gasteiger partial charge is 0.306 e. The van der Waals surface area contributed by atoms with Gasteiger partial charge in [-0.1, -0.05) is 376 Å². The first kappa shape index (κ1) is 88.0. The fourth-order valence-electron chi connectivity index (χ4n) is 11.8. The Balaban J connectivity index is 3.99. The van der Waals surface area contributed by atoms with E-state index in [4.69, 9.17) is 18.9 Å². The minimum atomic E-state index is -1.62. The molecule has 0 aromatic carbocycles. The van der Waals surface area contributed by atoms with E-state index in [0.717, 1.165) is 64.2 Å². The summed E-state index contributed by atoms with van der Waals surface area (Å²) >= 11 is 0. The molecule has 0 saturated heterocycles. The summed E-state index contributed by atoms with van der Waals surface area (Å²) in [6.07, 6.45) is 93.4. The predicted octanol–water partition coefficient (Wildman–Crippen LogP) is 23.7. The summed E-state index contributed by atoms with van der Waals surface area (Å²) in [5.74, 6) is -2.25. The molecule has 2 atom stereocenters. The maximum Gasteiger partial charge on any atom is 0.306 e. The molecule has 9 nitrogen and oxygen atoms in total. The molecule has 0 N–H and O–H groups in total. The number of aliphatic carboxylic acids is 1. The van der Waals surface area contributed by atoms with E-state index in [1.165, 1.54) is 289 Å². The second-order valence-electron chi connectivity index (χ2n) is 28.0. The number of carbonyl (C=O) groups excluding carboxylic acids is 3. The van der Waals surface area contributed by atoms with Gasteiger partial charge in [0.1, 0.15) is 13.2 Å². The van der Waals surface area contributed by atoms with Crippen LogP contribution in [0.25, 0.3) is 0 Å². The van der Waals surface area contributed by atoms with Gasteiger partial charge < -0.3 is 33.3 Å². The summed E-state index contributed by atoms with van der Waals surface area (Å²) in [4.78, 5) is 37.6. The average Bonchev–Trinajstić information content (AvgIpc) is 3.46. The number of unbranched alkanes of at least 4 members (excludes halogenated alkanes) is 49. The van der Waals surface area contributed by atoms with E-state index in [0.29, 0.717) is 23.9 Å². The highest BCUT2D eigenvalue weighted by molar-refractivity contribution is 5.70. The fraction of sp³-hybridized carbons (Fsp3) is 0.841. The molecule has 9 heteroatoms. The lowest BCUT2D eigenvalue weighted by atomic mass is 10.0. The Morgan fingerprint density at radius 2 is 0.626 bits per heavy atom. The van der Waals surface area contributed by atoms with E-state index in [-0.39, 0.29) is 32.2 Å². The summed E-state index contributed by atoms with van der Waals surface area (Å²) in [5, 5.41) is 11.9. The molecule has 0 aromatic heterocycles. The van der Waals surface area contributed by atoms with Crippen molar-refractivity contribution in [3.05, 3.63) is 60.8 Å². The number of carboxylic acids is 1. The van der Waals surface area contributed by atoms with Gasteiger partial charge in [0.15, 0.2) is 12.4 Å². The number of carbonyl (C=O) groups is 3. The van der Waals surface area contributed by atoms with Gasteiger partial charge in [-0.25, -0.2) is 0 Å². The van der Waals surface area contributed by atoms with Gasteiger partial charge in [0.2, 0.25) is 0 Å². The number of rotatable bonds is 74. The molecule has 0 aliphatic rings. The van der Waals surface area contributed by atoms with Crippen molar-refractivity contribution in [3.8, 4) is 0 Å². The van der Waals surface area contributed by atoms with E-state index in [9.17, 15) is 19.5 Å². The molecular weight excluding hydrogens is 1130 g/mol. The van der Waals surface area contributed by atoms with Crippen LogP contribution in [0.1, 0.15) is 386 Å². The first-order chi connectivity index (χ1) is 44.6. The van der Waals surface area contributed by atoms with Crippen molar-refractivity contribution in [3.63, 3.8) is 0 Å². The van der Waals surface area contributed by atoms with Crippen molar-refractivity contribution < 1.29 is 42.9 Å². The van der Waals surface area contributed by atoms with Gasteiger partial charge >= 0.3 is 11.9 Å². The van der Waals surface area contributed by atoms with Crippen molar-refractivity contribution in [1.82, 2.24) is 0 Å². The molecule has 0 rings (SSSR count). The molecule has 2 unspecified atom stereocenters. The van der Waals surface area contributed by atoms with Gasteiger partial charge in [-0.2, -0.15) is 0 Å². The van der Waals surface area contributed by atoms with Crippen LogP contribution in [0.4, 0.5) is 0 Å². The quantitative estimate of drug-likeness (QED) is 0.0195. The molecule has 0 radical (unpaired) electrons. The third-order valence-electron chi connectivity index (χ3n) is 17.8. The van der Waals surface area contributed by atoms with Crippen molar-refractivity contribution in [2.45, 2.75) is 399 Å². The largest absolute Gasteiger partial charge is 0.545 e. The first-order valence-corrected chi connectivity index (χ1v) is 39.4. The van der Waals surface area contributed by atoms with E-state index in [1.54, 1.807) is 0 Å². The maximum atomic E-state index is 13.0. The minimum absolute atomic E-state index is 0.149. The summed E-state index contributed by atoms with van der Waals surface area (Å²) in [6.45, 7) is 4.71. The molecule has 0 aliphatic carbocycles. The normalized spacial score (nSPS) is 12.9. The summed E-state index contributed by atoms with van der Waals surface area (Å²) in [5.41, 5.74) is 0. The molecule has 0 bridgehead atoms. The van der Waals surface area contributed by atoms with Gasteiger partial charge in [-0.15, -0.1) is 0 Å².